The van der Waals surface area contributed by atoms with E-state index >= 15 is 0 Å². The first-order chi connectivity index (χ1) is 17.6. The Balaban J connectivity index is 1.33. The monoisotopic (exact) mass is 520 g/mol. The number of thiol groups is 1. The van der Waals surface area contributed by atoms with Gasteiger partial charge >= 0.3 is 0 Å². The van der Waals surface area contributed by atoms with Gasteiger partial charge in [0.25, 0.3) is 0 Å². The smallest absolute Gasteiger partial charge is 0.227 e. The highest BCUT2D eigenvalue weighted by atomic mass is 32.2. The molecule has 0 unspecified atom stereocenters. The van der Waals surface area contributed by atoms with Gasteiger partial charge in [-0.05, 0) is 35.4 Å². The summed E-state index contributed by atoms with van der Waals surface area (Å²) in [6.45, 7) is 3.29. The van der Waals surface area contributed by atoms with Gasteiger partial charge in [0, 0.05) is 42.0 Å². The largest absolute Gasteiger partial charge is 0.378 e. The Kier molecular flexibility index (Phi) is 7.39. The van der Waals surface area contributed by atoms with Crippen LogP contribution in [0.5, 0.6) is 0 Å². The number of nitrogens with zero attached hydrogens (tertiary/aromatic N) is 5. The van der Waals surface area contributed by atoms with Gasteiger partial charge in [-0.3, -0.25) is 0 Å². The van der Waals surface area contributed by atoms with Crippen molar-refractivity contribution in [2.24, 2.45) is 0 Å². The molecule has 2 aromatic carbocycles. The maximum Gasteiger partial charge on any atom is 0.227 e. The van der Waals surface area contributed by atoms with E-state index < -0.39 is 10.9 Å². The number of nitrogens with one attached hydrogen (secondary N) is 1. The first-order valence-electron chi connectivity index (χ1n) is 11.4. The van der Waals surface area contributed by atoms with Crippen LogP contribution in [0.2, 0.25) is 0 Å². The number of thiophene rings is 1. The molecule has 0 saturated carbocycles. The zero-order valence-electron chi connectivity index (χ0n) is 19.3. The molecule has 1 aliphatic heterocycles. The Morgan fingerprint density at radius 3 is 2.56 bits per heavy atom. The van der Waals surface area contributed by atoms with Crippen LogP contribution in [-0.2, 0) is 22.2 Å². The predicted molar refractivity (Wildman–Crippen MR) is 142 cm³/mol. The highest BCUT2D eigenvalue weighted by Gasteiger charge is 2.13. The number of hydrogen-bond acceptors (Lipinski definition) is 9. The van der Waals surface area contributed by atoms with Gasteiger partial charge in [0.15, 0.2) is 0 Å². The van der Waals surface area contributed by atoms with Gasteiger partial charge in [-0.2, -0.15) is 9.57 Å². The molecule has 0 spiro atoms. The molecule has 11 heteroatoms. The van der Waals surface area contributed by atoms with Crippen molar-refractivity contribution < 1.29 is 13.2 Å². The number of hydrogen-bond donors (Lipinski definition) is 2. The third kappa shape index (κ3) is 5.47. The number of nitriles is 1. The van der Waals surface area contributed by atoms with Crippen molar-refractivity contribution in [3.8, 4) is 17.2 Å². The van der Waals surface area contributed by atoms with E-state index in [1.54, 1.807) is 11.3 Å². The van der Waals surface area contributed by atoms with Gasteiger partial charge in [0.05, 0.1) is 35.7 Å². The van der Waals surface area contributed by atoms with Crippen LogP contribution in [0.3, 0.4) is 0 Å². The third-order valence-electron chi connectivity index (χ3n) is 5.93. The first-order valence-corrected chi connectivity index (χ1v) is 13.4. The van der Waals surface area contributed by atoms with E-state index in [1.165, 1.54) is 5.69 Å². The van der Waals surface area contributed by atoms with Crippen LogP contribution in [0.4, 0.5) is 17.3 Å². The number of rotatable bonds is 8. The van der Waals surface area contributed by atoms with Gasteiger partial charge < -0.3 is 15.0 Å². The summed E-state index contributed by atoms with van der Waals surface area (Å²) in [5.41, 5.74) is 5.70. The second-order valence-corrected chi connectivity index (χ2v) is 10.2. The number of benzene rings is 2. The Bertz CT molecular complexity index is 1450. The van der Waals surface area contributed by atoms with Crippen molar-refractivity contribution in [3.05, 3.63) is 65.7 Å². The fraction of sp³-hybridized carbons (Fsp3) is 0.240. The molecule has 9 nitrogen and oxygen atoms in total. The lowest BCUT2D eigenvalue weighted by Gasteiger charge is -2.28. The molecule has 0 aliphatic carbocycles. The molecule has 3 heterocycles. The topological polar surface area (TPSA) is 111 Å². The minimum Gasteiger partial charge on any atom is -0.378 e. The molecule has 0 bridgehead atoms. The fourth-order valence-corrected chi connectivity index (χ4v) is 5.38. The summed E-state index contributed by atoms with van der Waals surface area (Å²) in [6, 6.07) is 17.7. The predicted octanol–water partition coefficient (Wildman–Crippen LogP) is 3.79. The fourth-order valence-electron chi connectivity index (χ4n) is 4.05. The Hall–Kier alpha value is -3.56. The number of ether oxygens (including phenoxy) is 1. The number of morpholine rings is 1. The van der Waals surface area contributed by atoms with Crippen LogP contribution in [0.25, 0.3) is 21.3 Å². The van der Waals surface area contributed by atoms with Crippen LogP contribution in [0.1, 0.15) is 5.56 Å². The lowest BCUT2D eigenvalue weighted by molar-refractivity contribution is 0.122. The lowest BCUT2D eigenvalue weighted by Crippen LogP contribution is -2.36. The maximum atomic E-state index is 11.3. The summed E-state index contributed by atoms with van der Waals surface area (Å²) in [5.74, 6) is 0.518. The van der Waals surface area contributed by atoms with Crippen LogP contribution < -0.4 is 10.2 Å². The summed E-state index contributed by atoms with van der Waals surface area (Å²) in [6.07, 6.45) is 1.82. The van der Waals surface area contributed by atoms with Crippen LogP contribution >= 0.6 is 11.3 Å². The summed E-state index contributed by atoms with van der Waals surface area (Å²) < 4.78 is 30.2. The first kappa shape index (κ1) is 24.1. The number of anilines is 3. The summed E-state index contributed by atoms with van der Waals surface area (Å²) in [7, 11) is -2.81. The van der Waals surface area contributed by atoms with Crippen LogP contribution in [0, 0.1) is 11.3 Å². The highest BCUT2D eigenvalue weighted by molar-refractivity contribution is 7.69. The normalized spacial score (nSPS) is 13.9. The molecule has 36 heavy (non-hydrogen) atoms. The SMILES string of the molecule is N#CCN(Cc1ccc(-c2csc3cnc(Nc4ccc(N5CCOCC5)cc4)nc23)cc1)[SH](=O)=O. The average Bonchev–Trinajstić information content (AvgIpc) is 3.33. The van der Waals surface area contributed by atoms with Gasteiger partial charge in [0.2, 0.25) is 16.8 Å². The maximum absolute atomic E-state index is 11.3. The van der Waals surface area contributed by atoms with E-state index in [0.717, 1.165) is 63.2 Å². The van der Waals surface area contributed by atoms with E-state index in [-0.39, 0.29) is 13.1 Å². The third-order valence-corrected chi connectivity index (χ3v) is 7.58. The van der Waals surface area contributed by atoms with Gasteiger partial charge in [0.1, 0.15) is 6.54 Å². The van der Waals surface area contributed by atoms with Gasteiger partial charge in [-0.15, -0.1) is 11.3 Å². The Morgan fingerprint density at radius 2 is 1.86 bits per heavy atom. The second-order valence-electron chi connectivity index (χ2n) is 8.24. The second kappa shape index (κ2) is 11.0. The minimum absolute atomic E-state index is 0.164. The van der Waals surface area contributed by atoms with Gasteiger partial charge in [-0.25, -0.2) is 18.4 Å². The zero-order chi connectivity index (χ0) is 24.9. The molecule has 1 aliphatic rings. The van der Waals surface area contributed by atoms with Crippen molar-refractivity contribution in [2.75, 3.05) is 43.1 Å². The highest BCUT2D eigenvalue weighted by Crippen LogP contribution is 2.33. The quantitative estimate of drug-likeness (QED) is 0.267. The Morgan fingerprint density at radius 1 is 1.11 bits per heavy atom. The van der Waals surface area contributed by atoms with Crippen molar-refractivity contribution in [1.82, 2.24) is 14.3 Å². The minimum atomic E-state index is -2.81. The molecule has 0 amide bonds. The molecule has 5 rings (SSSR count). The standard InChI is InChI=1S/C25H24N6O3S2/c26-9-10-31(36(32)33)16-18-1-3-19(4-2-18)22-17-35-23-15-27-25(29-24(22)23)28-20-5-7-21(8-6-20)30-11-13-34-14-12-30/h1-8,15,17,36H,10-14,16H2,(H,27,28,29). The molecular formula is C25H24N6O3S2. The van der Waals surface area contributed by atoms with E-state index in [0.29, 0.717) is 5.95 Å². The van der Waals surface area contributed by atoms with Crippen molar-refractivity contribution >= 4 is 49.8 Å². The Labute approximate surface area is 214 Å². The summed E-state index contributed by atoms with van der Waals surface area (Å²) in [4.78, 5) is 11.6. The molecular weight excluding hydrogens is 496 g/mol. The van der Waals surface area contributed by atoms with E-state index in [1.807, 2.05) is 54.0 Å². The van der Waals surface area contributed by atoms with Crippen LogP contribution in [-0.4, -0.2) is 55.5 Å². The van der Waals surface area contributed by atoms with Gasteiger partial charge in [-0.1, -0.05) is 24.3 Å². The van der Waals surface area contributed by atoms with Crippen molar-refractivity contribution in [1.29, 1.82) is 5.26 Å². The summed E-state index contributed by atoms with van der Waals surface area (Å²) >= 11 is 1.57. The van der Waals surface area contributed by atoms with Crippen LogP contribution in [0.15, 0.2) is 60.1 Å². The summed E-state index contributed by atoms with van der Waals surface area (Å²) in [5, 5.41) is 14.2. The molecule has 1 fully saturated rings. The molecule has 1 N–H and O–H groups in total. The molecule has 0 atom stereocenters. The number of fused-ring (bicyclic) bond motifs is 1. The molecule has 4 aromatic rings. The van der Waals surface area contributed by atoms with E-state index in [2.05, 4.69) is 27.3 Å². The van der Waals surface area contributed by atoms with Crippen molar-refractivity contribution in [3.63, 3.8) is 0 Å². The number of aromatic nitrogens is 2. The lowest BCUT2D eigenvalue weighted by atomic mass is 10.1. The van der Waals surface area contributed by atoms with E-state index in [9.17, 15) is 8.42 Å². The molecule has 2 aromatic heterocycles. The zero-order valence-corrected chi connectivity index (χ0v) is 21.0. The van der Waals surface area contributed by atoms with E-state index in [4.69, 9.17) is 15.0 Å². The molecule has 0 radical (unpaired) electrons. The van der Waals surface area contributed by atoms with Crippen molar-refractivity contribution in [2.45, 2.75) is 6.54 Å². The molecule has 184 valence electrons. The molecule has 1 saturated heterocycles. The average molecular weight is 521 g/mol.